The molecule has 0 aliphatic heterocycles. The molecule has 2 nitrogen and oxygen atoms in total. The molecule has 0 aromatic heterocycles. The largest absolute Gasteiger partial charge is 0.390 e. The van der Waals surface area contributed by atoms with Gasteiger partial charge in [-0.15, -0.1) is 0 Å². The van der Waals surface area contributed by atoms with E-state index in [0.717, 1.165) is 25.8 Å². The molecule has 0 heterocycles. The topological polar surface area (TPSA) is 23.5 Å². The number of rotatable bonds is 4. The quantitative estimate of drug-likeness (QED) is 0.810. The molecule has 1 N–H and O–H groups in total. The Labute approximate surface area is 91.5 Å². The van der Waals surface area contributed by atoms with E-state index in [1.165, 1.54) is 11.1 Å². The number of benzene rings is 1. The lowest BCUT2D eigenvalue weighted by molar-refractivity contribution is 0.151. The summed E-state index contributed by atoms with van der Waals surface area (Å²) in [6, 6.07) is 8.58. The lowest BCUT2D eigenvalue weighted by Gasteiger charge is -2.11. The minimum Gasteiger partial charge on any atom is -0.390 e. The molecule has 1 aromatic rings. The highest BCUT2D eigenvalue weighted by Crippen LogP contribution is 2.38. The van der Waals surface area contributed by atoms with Crippen LogP contribution in [0.25, 0.3) is 0 Å². The zero-order valence-electron chi connectivity index (χ0n) is 9.53. The molecular weight excluding hydrogens is 186 g/mol. The summed E-state index contributed by atoms with van der Waals surface area (Å²) in [6.07, 6.45) is 2.74. The van der Waals surface area contributed by atoms with Crippen LogP contribution in [0.15, 0.2) is 24.3 Å². The maximum atomic E-state index is 9.79. The zero-order chi connectivity index (χ0) is 10.9. The molecule has 0 bridgehead atoms. The van der Waals surface area contributed by atoms with Crippen LogP contribution in [0.5, 0.6) is 0 Å². The molecule has 1 aromatic carbocycles. The maximum Gasteiger partial charge on any atom is 0.0690 e. The Bertz CT molecular complexity index is 325. The molecule has 1 aliphatic rings. The van der Waals surface area contributed by atoms with Gasteiger partial charge in [-0.25, -0.2) is 0 Å². The van der Waals surface area contributed by atoms with Crippen molar-refractivity contribution >= 4 is 0 Å². The molecule has 0 radical (unpaired) electrons. The fourth-order valence-corrected chi connectivity index (χ4v) is 1.83. The lowest BCUT2D eigenvalue weighted by Crippen LogP contribution is -2.12. The fourth-order valence-electron chi connectivity index (χ4n) is 1.83. The van der Waals surface area contributed by atoms with Gasteiger partial charge in [-0.1, -0.05) is 24.3 Å². The molecular formula is C13H19NO. The van der Waals surface area contributed by atoms with Gasteiger partial charge in [0.2, 0.25) is 0 Å². The SMILES string of the molecule is CN(C)Cc1ccc(CC2(O)CC2)cc1. The average Bonchev–Trinajstić information content (AvgIpc) is 2.86. The maximum absolute atomic E-state index is 9.79. The van der Waals surface area contributed by atoms with E-state index in [1.54, 1.807) is 0 Å². The number of hydrogen-bond donors (Lipinski definition) is 1. The molecule has 0 unspecified atom stereocenters. The Morgan fingerprint density at radius 2 is 1.67 bits per heavy atom. The van der Waals surface area contributed by atoms with Gasteiger partial charge in [-0.2, -0.15) is 0 Å². The van der Waals surface area contributed by atoms with Crippen LogP contribution in [0, 0.1) is 0 Å². The standard InChI is InChI=1S/C13H19NO/c1-14(2)10-12-5-3-11(4-6-12)9-13(15)7-8-13/h3-6,15H,7-10H2,1-2H3. The molecule has 0 amide bonds. The summed E-state index contributed by atoms with van der Waals surface area (Å²) in [5.41, 5.74) is 2.20. The van der Waals surface area contributed by atoms with Gasteiger partial charge in [0.15, 0.2) is 0 Å². The van der Waals surface area contributed by atoms with Crippen LogP contribution in [0.2, 0.25) is 0 Å². The van der Waals surface area contributed by atoms with Gasteiger partial charge in [0.05, 0.1) is 5.60 Å². The van der Waals surface area contributed by atoms with Crippen LogP contribution in [0.4, 0.5) is 0 Å². The van der Waals surface area contributed by atoms with E-state index in [2.05, 4.69) is 43.3 Å². The van der Waals surface area contributed by atoms with Crippen molar-refractivity contribution in [3.05, 3.63) is 35.4 Å². The molecule has 82 valence electrons. The van der Waals surface area contributed by atoms with E-state index in [1.807, 2.05) is 0 Å². The molecule has 0 saturated heterocycles. The van der Waals surface area contributed by atoms with Crippen molar-refractivity contribution in [1.29, 1.82) is 0 Å². The van der Waals surface area contributed by atoms with Crippen LogP contribution in [0.1, 0.15) is 24.0 Å². The normalized spacial score (nSPS) is 18.1. The van der Waals surface area contributed by atoms with Crippen molar-refractivity contribution in [1.82, 2.24) is 4.90 Å². The van der Waals surface area contributed by atoms with Crippen molar-refractivity contribution in [3.63, 3.8) is 0 Å². The summed E-state index contributed by atoms with van der Waals surface area (Å²) in [5, 5.41) is 9.79. The Hall–Kier alpha value is -0.860. The van der Waals surface area contributed by atoms with Gasteiger partial charge in [-0.3, -0.25) is 0 Å². The number of hydrogen-bond acceptors (Lipinski definition) is 2. The van der Waals surface area contributed by atoms with Gasteiger partial charge < -0.3 is 10.0 Å². The first-order valence-electron chi connectivity index (χ1n) is 5.52. The van der Waals surface area contributed by atoms with Crippen LogP contribution >= 0.6 is 0 Å². The lowest BCUT2D eigenvalue weighted by atomic mass is 10.0. The third-order valence-corrected chi connectivity index (χ3v) is 2.88. The van der Waals surface area contributed by atoms with E-state index in [4.69, 9.17) is 0 Å². The Kier molecular flexibility index (Phi) is 2.81. The van der Waals surface area contributed by atoms with E-state index >= 15 is 0 Å². The minimum absolute atomic E-state index is 0.372. The monoisotopic (exact) mass is 205 g/mol. The highest BCUT2D eigenvalue weighted by Gasteiger charge is 2.39. The third-order valence-electron chi connectivity index (χ3n) is 2.88. The fraction of sp³-hybridized carbons (Fsp3) is 0.538. The summed E-state index contributed by atoms with van der Waals surface area (Å²) >= 11 is 0. The summed E-state index contributed by atoms with van der Waals surface area (Å²) in [5.74, 6) is 0. The van der Waals surface area contributed by atoms with Gasteiger partial charge in [0.1, 0.15) is 0 Å². The van der Waals surface area contributed by atoms with Gasteiger partial charge in [0, 0.05) is 13.0 Å². The van der Waals surface area contributed by atoms with Crippen molar-refractivity contribution in [2.24, 2.45) is 0 Å². The first kappa shape index (κ1) is 10.7. The molecule has 2 heteroatoms. The summed E-state index contributed by atoms with van der Waals surface area (Å²) < 4.78 is 0. The van der Waals surface area contributed by atoms with Crippen LogP contribution in [-0.4, -0.2) is 29.7 Å². The minimum atomic E-state index is -0.372. The molecule has 0 spiro atoms. The Morgan fingerprint density at radius 3 is 2.13 bits per heavy atom. The van der Waals surface area contributed by atoms with Crippen molar-refractivity contribution in [2.45, 2.75) is 31.4 Å². The second-order valence-corrected chi connectivity index (χ2v) is 4.96. The Balaban J connectivity index is 1.97. The smallest absolute Gasteiger partial charge is 0.0690 e. The predicted octanol–water partition coefficient (Wildman–Crippen LogP) is 1.82. The Morgan fingerprint density at radius 1 is 1.13 bits per heavy atom. The molecule has 1 fully saturated rings. The van der Waals surface area contributed by atoms with Gasteiger partial charge in [-0.05, 0) is 38.1 Å². The molecule has 15 heavy (non-hydrogen) atoms. The molecule has 2 rings (SSSR count). The van der Waals surface area contributed by atoms with Gasteiger partial charge in [0.25, 0.3) is 0 Å². The molecule has 0 atom stereocenters. The van der Waals surface area contributed by atoms with Crippen LogP contribution < -0.4 is 0 Å². The van der Waals surface area contributed by atoms with Crippen molar-refractivity contribution < 1.29 is 5.11 Å². The summed E-state index contributed by atoms with van der Waals surface area (Å²) in [6.45, 7) is 0.977. The second-order valence-electron chi connectivity index (χ2n) is 4.96. The number of aliphatic hydroxyl groups is 1. The molecule has 1 aliphatic carbocycles. The average molecular weight is 205 g/mol. The predicted molar refractivity (Wildman–Crippen MR) is 61.7 cm³/mol. The summed E-state index contributed by atoms with van der Waals surface area (Å²) in [4.78, 5) is 2.16. The molecule has 1 saturated carbocycles. The third kappa shape index (κ3) is 3.05. The van der Waals surface area contributed by atoms with E-state index in [-0.39, 0.29) is 5.60 Å². The van der Waals surface area contributed by atoms with Crippen LogP contribution in [-0.2, 0) is 13.0 Å². The number of nitrogens with zero attached hydrogens (tertiary/aromatic N) is 1. The van der Waals surface area contributed by atoms with Crippen molar-refractivity contribution in [2.75, 3.05) is 14.1 Å². The highest BCUT2D eigenvalue weighted by molar-refractivity contribution is 5.25. The van der Waals surface area contributed by atoms with Crippen LogP contribution in [0.3, 0.4) is 0 Å². The first-order chi connectivity index (χ1) is 7.07. The van der Waals surface area contributed by atoms with E-state index in [9.17, 15) is 5.11 Å². The van der Waals surface area contributed by atoms with Crippen molar-refractivity contribution in [3.8, 4) is 0 Å². The second kappa shape index (κ2) is 3.95. The first-order valence-corrected chi connectivity index (χ1v) is 5.52. The van der Waals surface area contributed by atoms with E-state index in [0.29, 0.717) is 0 Å². The van der Waals surface area contributed by atoms with E-state index < -0.39 is 0 Å². The van der Waals surface area contributed by atoms with Gasteiger partial charge >= 0.3 is 0 Å². The summed E-state index contributed by atoms with van der Waals surface area (Å²) in [7, 11) is 4.14. The highest BCUT2D eigenvalue weighted by atomic mass is 16.3. The zero-order valence-corrected chi connectivity index (χ0v) is 9.53.